The van der Waals surface area contributed by atoms with Crippen LogP contribution in [0.15, 0.2) is 0 Å². The van der Waals surface area contributed by atoms with E-state index in [0.717, 1.165) is 70.3 Å². The van der Waals surface area contributed by atoms with Crippen molar-refractivity contribution in [3.63, 3.8) is 0 Å². The number of nitrogens with zero attached hydrogens (tertiary/aromatic N) is 3. The second-order valence-electron chi connectivity index (χ2n) is 8.62. The minimum Gasteiger partial charge on any atom is -0.347 e. The Bertz CT molecular complexity index is 697. The fourth-order valence-corrected chi connectivity index (χ4v) is 4.75. The van der Waals surface area contributed by atoms with Crippen LogP contribution in [0, 0.1) is 5.92 Å². The van der Waals surface area contributed by atoms with Crippen molar-refractivity contribution in [1.82, 2.24) is 19.8 Å². The number of carbonyl (C=O) groups is 2. The van der Waals surface area contributed by atoms with Crippen LogP contribution in [0.25, 0.3) is 0 Å². The van der Waals surface area contributed by atoms with E-state index in [0.29, 0.717) is 17.4 Å². The lowest BCUT2D eigenvalue weighted by molar-refractivity contribution is 0.0690. The third-order valence-electron chi connectivity index (χ3n) is 6.53. The molecule has 2 amide bonds. The zero-order chi connectivity index (χ0) is 18.8. The molecule has 27 heavy (non-hydrogen) atoms. The van der Waals surface area contributed by atoms with Crippen molar-refractivity contribution in [3.8, 4) is 0 Å². The van der Waals surface area contributed by atoms with Crippen LogP contribution in [0.3, 0.4) is 0 Å². The maximum Gasteiger partial charge on any atom is 0.287 e. The second-order valence-corrected chi connectivity index (χ2v) is 8.62. The van der Waals surface area contributed by atoms with E-state index in [2.05, 4.69) is 17.2 Å². The lowest BCUT2D eigenvalue weighted by Crippen LogP contribution is -2.38. The number of aromatic nitrogens is 2. The Kier molecular flexibility index (Phi) is 5.50. The average Bonchev–Trinajstić information content (AvgIpc) is 3.09. The summed E-state index contributed by atoms with van der Waals surface area (Å²) in [5.74, 6) is 1.05. The van der Waals surface area contributed by atoms with Crippen LogP contribution < -0.4 is 5.32 Å². The van der Waals surface area contributed by atoms with Crippen molar-refractivity contribution in [2.45, 2.75) is 83.7 Å². The van der Waals surface area contributed by atoms with Gasteiger partial charge in [-0.25, -0.2) is 4.98 Å². The first-order valence-corrected chi connectivity index (χ1v) is 10.8. The van der Waals surface area contributed by atoms with Gasteiger partial charge >= 0.3 is 0 Å². The van der Waals surface area contributed by atoms with E-state index >= 15 is 0 Å². The number of amides is 2. The highest BCUT2D eigenvalue weighted by molar-refractivity contribution is 5.97. The summed E-state index contributed by atoms with van der Waals surface area (Å²) in [5, 5.41) is 3.18. The highest BCUT2D eigenvalue weighted by atomic mass is 16.2. The van der Waals surface area contributed by atoms with Crippen LogP contribution in [-0.4, -0.2) is 45.4 Å². The summed E-state index contributed by atoms with van der Waals surface area (Å²) >= 11 is 0. The number of nitrogens with one attached hydrogen (secondary N) is 1. The molecule has 3 aliphatic rings. The molecule has 1 aromatic heterocycles. The molecule has 6 nitrogen and oxygen atoms in total. The molecule has 3 heterocycles. The summed E-state index contributed by atoms with van der Waals surface area (Å²) in [4.78, 5) is 32.6. The molecule has 1 saturated carbocycles. The Balaban J connectivity index is 1.55. The van der Waals surface area contributed by atoms with Gasteiger partial charge in [-0.15, -0.1) is 0 Å². The summed E-state index contributed by atoms with van der Waals surface area (Å²) in [6, 6.07) is 0.255. The highest BCUT2D eigenvalue weighted by Gasteiger charge is 2.31. The monoisotopic (exact) mass is 372 g/mol. The molecule has 1 aliphatic carbocycles. The molecule has 1 saturated heterocycles. The number of hydrogen-bond donors (Lipinski definition) is 1. The third kappa shape index (κ3) is 3.90. The molecule has 0 spiro atoms. The number of likely N-dealkylation sites (tertiary alicyclic amines) is 1. The Morgan fingerprint density at radius 1 is 0.963 bits per heavy atom. The Labute approximate surface area is 161 Å². The fourth-order valence-electron chi connectivity index (χ4n) is 4.75. The molecule has 0 bridgehead atoms. The van der Waals surface area contributed by atoms with Crippen LogP contribution in [-0.2, 0) is 13.0 Å². The fraction of sp³-hybridized carbons (Fsp3) is 0.762. The van der Waals surface area contributed by atoms with Gasteiger partial charge in [-0.2, -0.15) is 0 Å². The highest BCUT2D eigenvalue weighted by Crippen LogP contribution is 2.25. The van der Waals surface area contributed by atoms with Gasteiger partial charge in [-0.05, 0) is 50.9 Å². The van der Waals surface area contributed by atoms with Gasteiger partial charge in [0.25, 0.3) is 11.8 Å². The normalized spacial score (nSPS) is 21.7. The first-order valence-electron chi connectivity index (χ1n) is 10.8. The van der Waals surface area contributed by atoms with E-state index < -0.39 is 0 Å². The zero-order valence-electron chi connectivity index (χ0n) is 16.5. The third-order valence-corrected chi connectivity index (χ3v) is 6.53. The minimum absolute atomic E-state index is 0.0178. The molecule has 1 aromatic rings. The molecule has 2 fully saturated rings. The number of imidazole rings is 1. The molecular weight excluding hydrogens is 340 g/mol. The van der Waals surface area contributed by atoms with Crippen molar-refractivity contribution in [3.05, 3.63) is 17.2 Å². The van der Waals surface area contributed by atoms with Gasteiger partial charge in [0.2, 0.25) is 0 Å². The maximum atomic E-state index is 13.1. The minimum atomic E-state index is -0.101. The molecule has 6 heteroatoms. The van der Waals surface area contributed by atoms with Gasteiger partial charge in [0, 0.05) is 25.7 Å². The van der Waals surface area contributed by atoms with Gasteiger partial charge in [0.15, 0.2) is 5.82 Å². The van der Waals surface area contributed by atoms with Crippen molar-refractivity contribution in [2.75, 3.05) is 13.1 Å². The van der Waals surface area contributed by atoms with E-state index in [1.54, 1.807) is 0 Å². The molecule has 148 valence electrons. The first kappa shape index (κ1) is 18.5. The van der Waals surface area contributed by atoms with Gasteiger partial charge in [0.05, 0.1) is 5.69 Å². The van der Waals surface area contributed by atoms with Crippen LogP contribution in [0.5, 0.6) is 0 Å². The maximum absolute atomic E-state index is 13.1. The molecule has 0 aromatic carbocycles. The zero-order valence-corrected chi connectivity index (χ0v) is 16.5. The predicted molar refractivity (Wildman–Crippen MR) is 104 cm³/mol. The SMILES string of the molecule is CC1CCN(C(=O)c2nc(C(=O)NC3CCCCC3)n3c2CCCC3)CC1. The summed E-state index contributed by atoms with van der Waals surface area (Å²) in [7, 11) is 0. The smallest absolute Gasteiger partial charge is 0.287 e. The lowest BCUT2D eigenvalue weighted by Gasteiger charge is -2.30. The van der Waals surface area contributed by atoms with Crippen LogP contribution >= 0.6 is 0 Å². The number of carbonyl (C=O) groups excluding carboxylic acids is 2. The molecule has 2 aliphatic heterocycles. The predicted octanol–water partition coefficient (Wildman–Crippen LogP) is 3.15. The first-order chi connectivity index (χ1) is 13.1. The topological polar surface area (TPSA) is 67.2 Å². The largest absolute Gasteiger partial charge is 0.347 e. The Morgan fingerprint density at radius 3 is 2.44 bits per heavy atom. The summed E-state index contributed by atoms with van der Waals surface area (Å²) in [5.41, 5.74) is 1.50. The summed E-state index contributed by atoms with van der Waals surface area (Å²) in [6.45, 7) is 4.64. The summed E-state index contributed by atoms with van der Waals surface area (Å²) < 4.78 is 2.02. The van der Waals surface area contributed by atoms with Gasteiger partial charge in [0.1, 0.15) is 5.69 Å². The van der Waals surface area contributed by atoms with Crippen molar-refractivity contribution >= 4 is 11.8 Å². The van der Waals surface area contributed by atoms with Crippen molar-refractivity contribution in [2.24, 2.45) is 5.92 Å². The van der Waals surface area contributed by atoms with E-state index in [-0.39, 0.29) is 17.9 Å². The van der Waals surface area contributed by atoms with Gasteiger partial charge < -0.3 is 14.8 Å². The standard InChI is InChI=1S/C21H32N4O2/c1-15-10-13-24(14-11-15)21(27)18-17-9-5-6-12-25(17)19(23-18)20(26)22-16-7-3-2-4-8-16/h15-16H,2-14H2,1H3,(H,22,26). The molecule has 0 unspecified atom stereocenters. The van der Waals surface area contributed by atoms with E-state index in [1.807, 2.05) is 9.47 Å². The van der Waals surface area contributed by atoms with Crippen LogP contribution in [0.4, 0.5) is 0 Å². The molecule has 0 radical (unpaired) electrons. The number of fused-ring (bicyclic) bond motifs is 1. The number of rotatable bonds is 3. The van der Waals surface area contributed by atoms with Crippen LogP contribution in [0.2, 0.25) is 0 Å². The number of piperidine rings is 1. The van der Waals surface area contributed by atoms with E-state index in [1.165, 1.54) is 19.3 Å². The number of hydrogen-bond acceptors (Lipinski definition) is 3. The average molecular weight is 373 g/mol. The van der Waals surface area contributed by atoms with Crippen molar-refractivity contribution < 1.29 is 9.59 Å². The second kappa shape index (κ2) is 8.03. The summed E-state index contributed by atoms with van der Waals surface area (Å²) in [6.07, 6.45) is 10.8. The molecule has 1 N–H and O–H groups in total. The quantitative estimate of drug-likeness (QED) is 0.886. The molecule has 4 rings (SSSR count). The molecular formula is C21H32N4O2. The Morgan fingerprint density at radius 2 is 1.70 bits per heavy atom. The Hall–Kier alpha value is -1.85. The van der Waals surface area contributed by atoms with Gasteiger partial charge in [-0.3, -0.25) is 9.59 Å². The lowest BCUT2D eigenvalue weighted by atomic mass is 9.95. The van der Waals surface area contributed by atoms with Gasteiger partial charge in [-0.1, -0.05) is 26.2 Å². The molecule has 0 atom stereocenters. The van der Waals surface area contributed by atoms with E-state index in [4.69, 9.17) is 0 Å². The van der Waals surface area contributed by atoms with Crippen molar-refractivity contribution in [1.29, 1.82) is 0 Å². The van der Waals surface area contributed by atoms with Crippen LogP contribution in [0.1, 0.15) is 91.5 Å². The van der Waals surface area contributed by atoms with E-state index in [9.17, 15) is 9.59 Å².